The third-order valence-corrected chi connectivity index (χ3v) is 13.7. The lowest BCUT2D eigenvalue weighted by molar-refractivity contribution is -0.142. The number of hydrogen-bond acceptors (Lipinski definition) is 16. The highest BCUT2D eigenvalue weighted by molar-refractivity contribution is 5.93. The lowest BCUT2D eigenvalue weighted by Crippen LogP contribution is -2.51. The molecule has 1 aliphatic heterocycles. The van der Waals surface area contributed by atoms with E-state index in [-0.39, 0.29) is 155 Å². The molecule has 29 heteroatoms. The van der Waals surface area contributed by atoms with Crippen LogP contribution in [0, 0.1) is 0 Å². The SMILES string of the molecule is CCC(=O)NCCNC(=O)/N=C(/N)NCCC[C@@H](NC(=O)C(c1ccccc1)c1cccc(OCCCCNC(=O)CC[C@@H](NC(=O)CN2CCN(CC(=O)O)CCN(CC(=O)O)CCN(CC(=O)O)CC2)C(=O)O)c1)C(=O)NCc1ccc(O)cc1. The quantitative estimate of drug-likeness (QED) is 0.0201. The Morgan fingerprint density at radius 2 is 1.10 bits per heavy atom. The van der Waals surface area contributed by atoms with Gasteiger partial charge in [0.2, 0.25) is 29.5 Å². The second-order valence-electron chi connectivity index (χ2n) is 20.6. The van der Waals surface area contributed by atoms with Crippen LogP contribution in [0.2, 0.25) is 0 Å². The maximum Gasteiger partial charge on any atom is 0.344 e. The van der Waals surface area contributed by atoms with Gasteiger partial charge in [-0.15, -0.1) is 0 Å². The van der Waals surface area contributed by atoms with Crippen molar-refractivity contribution in [3.63, 3.8) is 0 Å². The molecule has 476 valence electrons. The fraction of sp³-hybridized carbons (Fsp3) is 0.500. The number of benzene rings is 3. The van der Waals surface area contributed by atoms with Crippen LogP contribution >= 0.6 is 0 Å². The first-order chi connectivity index (χ1) is 41.7. The molecule has 1 unspecified atom stereocenters. The molecule has 3 aromatic carbocycles. The van der Waals surface area contributed by atoms with Gasteiger partial charge < -0.3 is 73.2 Å². The third-order valence-electron chi connectivity index (χ3n) is 13.7. The Balaban J connectivity index is 1.30. The van der Waals surface area contributed by atoms with Crippen molar-refractivity contribution in [2.45, 2.75) is 76.4 Å². The first-order valence-corrected chi connectivity index (χ1v) is 28.8. The third kappa shape index (κ3) is 29.1. The van der Waals surface area contributed by atoms with Crippen molar-refractivity contribution in [3.05, 3.63) is 95.6 Å². The molecule has 87 heavy (non-hydrogen) atoms. The normalized spacial score (nSPS) is 14.9. The molecule has 0 aromatic heterocycles. The number of aliphatic carboxylic acids is 4. The number of carbonyl (C=O) groups excluding carboxylic acids is 6. The van der Waals surface area contributed by atoms with Crippen LogP contribution in [0.1, 0.15) is 74.5 Å². The van der Waals surface area contributed by atoms with E-state index in [0.717, 1.165) is 0 Å². The van der Waals surface area contributed by atoms with Gasteiger partial charge in [-0.25, -0.2) is 9.59 Å². The average Bonchev–Trinajstić information content (AvgIpc) is 3.30. The summed E-state index contributed by atoms with van der Waals surface area (Å²) in [7, 11) is 0. The number of nitrogens with two attached hydrogens (primary N) is 1. The number of nitrogens with zero attached hydrogens (tertiary/aromatic N) is 5. The van der Waals surface area contributed by atoms with Crippen molar-refractivity contribution in [2.24, 2.45) is 10.7 Å². The number of urea groups is 1. The lowest BCUT2D eigenvalue weighted by Gasteiger charge is -2.33. The largest absolute Gasteiger partial charge is 0.508 e. The van der Waals surface area contributed by atoms with Gasteiger partial charge in [0.05, 0.1) is 38.7 Å². The van der Waals surface area contributed by atoms with E-state index in [1.54, 1.807) is 87.2 Å². The number of nitrogens with one attached hydrogen (secondary N) is 7. The number of aromatic hydroxyl groups is 1. The van der Waals surface area contributed by atoms with Gasteiger partial charge in [-0.3, -0.25) is 58.0 Å². The van der Waals surface area contributed by atoms with E-state index < -0.39 is 71.5 Å². The Morgan fingerprint density at radius 1 is 0.552 bits per heavy atom. The molecule has 0 spiro atoms. The van der Waals surface area contributed by atoms with Crippen LogP contribution in [-0.2, 0) is 49.7 Å². The zero-order valence-electron chi connectivity index (χ0n) is 49.0. The van der Waals surface area contributed by atoms with E-state index in [4.69, 9.17) is 10.5 Å². The second-order valence-corrected chi connectivity index (χ2v) is 20.6. The number of carbonyl (C=O) groups is 10. The topological polar surface area (TPSA) is 417 Å². The van der Waals surface area contributed by atoms with E-state index in [9.17, 15) is 73.5 Å². The Labute approximate surface area is 504 Å². The maximum atomic E-state index is 14.5. The molecule has 0 saturated carbocycles. The van der Waals surface area contributed by atoms with Crippen LogP contribution in [0.4, 0.5) is 4.79 Å². The van der Waals surface area contributed by atoms with Crippen LogP contribution < -0.4 is 47.7 Å². The highest BCUT2D eigenvalue weighted by atomic mass is 16.5. The monoisotopic (exact) mass is 1220 g/mol. The second kappa shape index (κ2) is 38.9. The van der Waals surface area contributed by atoms with Gasteiger partial charge >= 0.3 is 29.9 Å². The number of guanidine groups is 1. The Bertz CT molecular complexity index is 2730. The highest BCUT2D eigenvalue weighted by Crippen LogP contribution is 2.28. The summed E-state index contributed by atoms with van der Waals surface area (Å²) in [5, 5.41) is 67.2. The van der Waals surface area contributed by atoms with Gasteiger partial charge in [0.15, 0.2) is 5.96 Å². The summed E-state index contributed by atoms with van der Waals surface area (Å²) in [5.41, 5.74) is 7.84. The molecule has 29 nitrogen and oxygen atoms in total. The number of amides is 7. The van der Waals surface area contributed by atoms with Crippen LogP contribution in [0.25, 0.3) is 0 Å². The summed E-state index contributed by atoms with van der Waals surface area (Å²) in [5.74, 6) is -7.48. The number of ether oxygens (including phenoxy) is 1. The Kier molecular flexibility index (Phi) is 31.5. The standard InChI is InChI=1S/C58H83N13O16/c1-2-47(73)61-23-24-63-58(86)67-57(59)62-22-9-14-45(54(82)64-35-40-15-17-43(72)18-16-40)66-55(83)53(41-10-4-3-5-11-41)42-12-8-13-44(34-42)87-33-7-6-21-60-48(74)20-19-46(56(84)85)65-49(75)36-68-25-27-69(37-50(76)77)29-31-71(39-52(80)81)32-30-70(28-26-68)38-51(78)79/h3-5,8,10-13,15-18,34,45-46,53,72H,2,6-7,9,14,19-33,35-39H2,1H3,(H,60,74)(H,61,73)(H,64,82)(H,65,75)(H,66,83)(H,76,77)(H,78,79)(H,80,81)(H,84,85)(H4,59,62,63,67,86)/t45-,46-,53?/m1/s1. The molecular formula is C58H83N13O16. The summed E-state index contributed by atoms with van der Waals surface area (Å²) in [6.45, 7) is 2.80. The fourth-order valence-electron chi connectivity index (χ4n) is 9.08. The maximum absolute atomic E-state index is 14.5. The van der Waals surface area contributed by atoms with Gasteiger partial charge in [0, 0.05) is 97.9 Å². The van der Waals surface area contributed by atoms with Crippen LogP contribution in [0.3, 0.4) is 0 Å². The van der Waals surface area contributed by atoms with Gasteiger partial charge in [-0.1, -0.05) is 61.5 Å². The highest BCUT2D eigenvalue weighted by Gasteiger charge is 2.29. The van der Waals surface area contributed by atoms with Crippen LogP contribution in [-0.4, -0.2) is 234 Å². The predicted molar refractivity (Wildman–Crippen MR) is 317 cm³/mol. The molecule has 0 radical (unpaired) electrons. The van der Waals surface area contributed by atoms with Gasteiger partial charge in [-0.05, 0) is 73.1 Å². The molecule has 3 atom stereocenters. The fourth-order valence-corrected chi connectivity index (χ4v) is 9.08. The molecule has 7 amide bonds. The molecule has 14 N–H and O–H groups in total. The minimum Gasteiger partial charge on any atom is -0.508 e. The molecule has 3 aromatic rings. The summed E-state index contributed by atoms with van der Waals surface area (Å²) >= 11 is 0. The zero-order chi connectivity index (χ0) is 63.5. The Morgan fingerprint density at radius 3 is 1.68 bits per heavy atom. The minimum atomic E-state index is -1.43. The number of phenolic OH excluding ortho intramolecular Hbond substituents is 1. The molecule has 1 aliphatic rings. The summed E-state index contributed by atoms with van der Waals surface area (Å²) < 4.78 is 6.08. The van der Waals surface area contributed by atoms with Gasteiger partial charge in [-0.2, -0.15) is 4.99 Å². The van der Waals surface area contributed by atoms with Gasteiger partial charge in [0.1, 0.15) is 23.6 Å². The number of aliphatic imine (C=N–C) groups is 1. The first kappa shape index (κ1) is 70.6. The van der Waals surface area contributed by atoms with Crippen molar-refractivity contribution >= 4 is 65.4 Å². The summed E-state index contributed by atoms with van der Waals surface area (Å²) in [4.78, 5) is 135. The van der Waals surface area contributed by atoms with Crippen LogP contribution in [0.15, 0.2) is 83.9 Å². The molecule has 0 aliphatic carbocycles. The lowest BCUT2D eigenvalue weighted by atomic mass is 9.90. The van der Waals surface area contributed by atoms with Crippen molar-refractivity contribution < 1.29 is 78.2 Å². The van der Waals surface area contributed by atoms with E-state index in [1.807, 2.05) is 6.07 Å². The van der Waals surface area contributed by atoms with E-state index >= 15 is 0 Å². The number of carboxylic acids is 4. The van der Waals surface area contributed by atoms with Crippen molar-refractivity contribution in [1.82, 2.24) is 56.8 Å². The van der Waals surface area contributed by atoms with Crippen LogP contribution in [0.5, 0.6) is 11.5 Å². The molecule has 1 heterocycles. The summed E-state index contributed by atoms with van der Waals surface area (Å²) in [6.07, 6.45) is 1.26. The molecule has 4 rings (SSSR count). The first-order valence-electron chi connectivity index (χ1n) is 28.8. The molecular weight excluding hydrogens is 1130 g/mol. The Hall–Kier alpha value is -8.93. The smallest absolute Gasteiger partial charge is 0.344 e. The number of unbranched alkanes of at least 4 members (excludes halogenated alkanes) is 1. The number of hydrogen-bond donors (Lipinski definition) is 13. The minimum absolute atomic E-state index is 0.0595. The van der Waals surface area contributed by atoms with Gasteiger partial charge in [0.25, 0.3) is 0 Å². The molecule has 1 saturated heterocycles. The number of phenols is 1. The number of rotatable bonds is 34. The van der Waals surface area contributed by atoms with Crippen molar-refractivity contribution in [2.75, 3.05) is 111 Å². The molecule has 1 fully saturated rings. The van der Waals surface area contributed by atoms with E-state index in [0.29, 0.717) is 48.1 Å². The number of carboxylic acid groups (broad SMARTS) is 4. The average molecular weight is 1220 g/mol. The van der Waals surface area contributed by atoms with E-state index in [2.05, 4.69) is 42.2 Å². The molecule has 0 bridgehead atoms. The zero-order valence-corrected chi connectivity index (χ0v) is 49.0. The van der Waals surface area contributed by atoms with Crippen molar-refractivity contribution in [1.29, 1.82) is 0 Å². The summed E-state index contributed by atoms with van der Waals surface area (Å²) in [6, 6.07) is 19.0. The predicted octanol–water partition coefficient (Wildman–Crippen LogP) is -0.654. The van der Waals surface area contributed by atoms with E-state index in [1.165, 1.54) is 12.1 Å². The van der Waals surface area contributed by atoms with Crippen molar-refractivity contribution in [3.8, 4) is 11.5 Å².